The highest BCUT2D eigenvalue weighted by molar-refractivity contribution is 9.10. The van der Waals surface area contributed by atoms with E-state index in [0.717, 1.165) is 0 Å². The van der Waals surface area contributed by atoms with E-state index in [1.807, 2.05) is 0 Å². The van der Waals surface area contributed by atoms with Crippen LogP contribution in [0.15, 0.2) is 22.7 Å². The zero-order valence-electron chi connectivity index (χ0n) is 7.55. The summed E-state index contributed by atoms with van der Waals surface area (Å²) in [6.07, 6.45) is 0. The van der Waals surface area contributed by atoms with E-state index >= 15 is 0 Å². The van der Waals surface area contributed by atoms with Gasteiger partial charge in [0.1, 0.15) is 5.82 Å². The molecule has 0 spiro atoms. The Hall–Kier alpha value is -0.940. The summed E-state index contributed by atoms with van der Waals surface area (Å²) >= 11 is 3.01. The molecule has 3 nitrogen and oxygen atoms in total. The van der Waals surface area contributed by atoms with Crippen molar-refractivity contribution in [3.05, 3.63) is 28.5 Å². The number of carbonyl (C=O) groups is 1. The summed E-state index contributed by atoms with van der Waals surface area (Å²) in [7, 11) is 0. The molecule has 1 aromatic carbocycles. The Bertz CT molecular complexity index is 355. The van der Waals surface area contributed by atoms with Crippen LogP contribution in [0.25, 0.3) is 0 Å². The van der Waals surface area contributed by atoms with Crippen LogP contribution in [-0.4, -0.2) is 11.9 Å². The van der Waals surface area contributed by atoms with E-state index in [4.69, 9.17) is 5.73 Å². The van der Waals surface area contributed by atoms with Crippen LogP contribution in [0.5, 0.6) is 0 Å². The van der Waals surface area contributed by atoms with Crippen molar-refractivity contribution in [1.29, 1.82) is 0 Å². The average Bonchev–Trinajstić information content (AvgIpc) is 2.11. The normalized spacial score (nSPS) is 12.3. The molecule has 0 aliphatic heterocycles. The minimum atomic E-state index is -0.610. The lowest BCUT2D eigenvalue weighted by Crippen LogP contribution is -2.32. The van der Waals surface area contributed by atoms with E-state index in [1.165, 1.54) is 12.1 Å². The molecule has 0 saturated carbocycles. The summed E-state index contributed by atoms with van der Waals surface area (Å²) < 4.78 is 13.4. The fraction of sp³-hybridized carbons (Fsp3) is 0.222. The molecule has 3 N–H and O–H groups in total. The van der Waals surface area contributed by atoms with E-state index in [9.17, 15) is 9.18 Å². The molecule has 1 rings (SSSR count). The smallest absolute Gasteiger partial charge is 0.241 e. The van der Waals surface area contributed by atoms with Crippen LogP contribution in [0.2, 0.25) is 0 Å². The second-order valence-electron chi connectivity index (χ2n) is 2.91. The van der Waals surface area contributed by atoms with Gasteiger partial charge in [0.2, 0.25) is 5.91 Å². The molecule has 0 aromatic heterocycles. The van der Waals surface area contributed by atoms with Gasteiger partial charge in [0.05, 0.1) is 10.5 Å². The molecule has 0 fully saturated rings. The van der Waals surface area contributed by atoms with Crippen molar-refractivity contribution in [2.45, 2.75) is 13.0 Å². The molecule has 0 bridgehead atoms. The van der Waals surface area contributed by atoms with E-state index in [0.29, 0.717) is 10.2 Å². The number of hydrogen-bond acceptors (Lipinski definition) is 2. The fourth-order valence-corrected chi connectivity index (χ4v) is 1.08. The number of benzene rings is 1. The van der Waals surface area contributed by atoms with Gasteiger partial charge in [-0.25, -0.2) is 4.39 Å². The van der Waals surface area contributed by atoms with Gasteiger partial charge in [0.15, 0.2) is 0 Å². The second-order valence-corrected chi connectivity index (χ2v) is 3.76. The van der Waals surface area contributed by atoms with E-state index < -0.39 is 11.9 Å². The Labute approximate surface area is 89.6 Å². The van der Waals surface area contributed by atoms with Crippen LogP contribution in [0.1, 0.15) is 6.92 Å². The van der Waals surface area contributed by atoms with Crippen LogP contribution < -0.4 is 11.1 Å². The third-order valence-electron chi connectivity index (χ3n) is 1.60. The molecule has 0 heterocycles. The highest BCUT2D eigenvalue weighted by Gasteiger charge is 2.08. The van der Waals surface area contributed by atoms with Crippen molar-refractivity contribution in [3.63, 3.8) is 0 Å². The maximum atomic E-state index is 13.0. The van der Waals surface area contributed by atoms with Crippen molar-refractivity contribution >= 4 is 27.5 Å². The van der Waals surface area contributed by atoms with Crippen molar-refractivity contribution in [3.8, 4) is 0 Å². The molecule has 5 heteroatoms. The molecule has 0 aliphatic rings. The topological polar surface area (TPSA) is 55.1 Å². The fourth-order valence-electron chi connectivity index (χ4n) is 0.830. The monoisotopic (exact) mass is 260 g/mol. The molecule has 0 saturated heterocycles. The molecular formula is C9H10BrFN2O. The standard InChI is InChI=1S/C9H10BrFN2O/c1-5(12)9(14)13-6-2-3-7(10)8(11)4-6/h2-5H,12H2,1H3,(H,13,14)/t5-/m0/s1. The first-order valence-electron chi connectivity index (χ1n) is 4.02. The molecule has 1 amide bonds. The van der Waals surface area contributed by atoms with Gasteiger partial charge in [-0.15, -0.1) is 0 Å². The average molecular weight is 261 g/mol. The van der Waals surface area contributed by atoms with Crippen molar-refractivity contribution in [1.82, 2.24) is 0 Å². The largest absolute Gasteiger partial charge is 0.325 e. The Morgan fingerprint density at radius 1 is 1.64 bits per heavy atom. The summed E-state index contributed by atoms with van der Waals surface area (Å²) in [6, 6.07) is 3.73. The van der Waals surface area contributed by atoms with Gasteiger partial charge in [-0.2, -0.15) is 0 Å². The van der Waals surface area contributed by atoms with Gasteiger partial charge in [-0.05, 0) is 41.1 Å². The Morgan fingerprint density at radius 2 is 2.29 bits per heavy atom. The number of halogens is 2. The van der Waals surface area contributed by atoms with Crippen molar-refractivity contribution in [2.75, 3.05) is 5.32 Å². The number of nitrogens with two attached hydrogens (primary N) is 1. The first-order chi connectivity index (χ1) is 6.50. The second kappa shape index (κ2) is 4.52. The zero-order chi connectivity index (χ0) is 10.7. The molecule has 1 aromatic rings. The SMILES string of the molecule is C[C@H](N)C(=O)Nc1ccc(Br)c(F)c1. The number of anilines is 1. The summed E-state index contributed by atoms with van der Waals surface area (Å²) in [5, 5.41) is 2.48. The lowest BCUT2D eigenvalue weighted by Gasteiger charge is -2.07. The van der Waals surface area contributed by atoms with Gasteiger partial charge in [0.25, 0.3) is 0 Å². The third-order valence-corrected chi connectivity index (χ3v) is 2.24. The van der Waals surface area contributed by atoms with E-state index in [1.54, 1.807) is 13.0 Å². The molecule has 0 unspecified atom stereocenters. The summed E-state index contributed by atoms with van der Waals surface area (Å²) in [4.78, 5) is 11.1. The lowest BCUT2D eigenvalue weighted by atomic mass is 10.3. The zero-order valence-corrected chi connectivity index (χ0v) is 9.14. The van der Waals surface area contributed by atoms with E-state index in [2.05, 4.69) is 21.2 Å². The molecular weight excluding hydrogens is 251 g/mol. The van der Waals surface area contributed by atoms with Crippen LogP contribution in [0.4, 0.5) is 10.1 Å². The third kappa shape index (κ3) is 2.78. The molecule has 1 atom stereocenters. The number of rotatable bonds is 2. The highest BCUT2D eigenvalue weighted by Crippen LogP contribution is 2.19. The quantitative estimate of drug-likeness (QED) is 0.853. The predicted molar refractivity (Wildman–Crippen MR) is 56.4 cm³/mol. The minimum Gasteiger partial charge on any atom is -0.325 e. The number of amides is 1. The van der Waals surface area contributed by atoms with Crippen LogP contribution in [-0.2, 0) is 4.79 Å². The Kier molecular flexibility index (Phi) is 3.60. The number of nitrogens with one attached hydrogen (secondary N) is 1. The maximum Gasteiger partial charge on any atom is 0.241 e. The Balaban J connectivity index is 2.78. The maximum absolute atomic E-state index is 13.0. The number of hydrogen-bond donors (Lipinski definition) is 2. The van der Waals surface area contributed by atoms with Gasteiger partial charge in [-0.1, -0.05) is 0 Å². The van der Waals surface area contributed by atoms with Gasteiger partial charge in [0, 0.05) is 5.69 Å². The predicted octanol–water partition coefficient (Wildman–Crippen LogP) is 1.87. The molecule has 14 heavy (non-hydrogen) atoms. The summed E-state index contributed by atoms with van der Waals surface area (Å²) in [5.41, 5.74) is 5.73. The molecule has 76 valence electrons. The number of carbonyl (C=O) groups excluding carboxylic acids is 1. The van der Waals surface area contributed by atoms with Crippen LogP contribution >= 0.6 is 15.9 Å². The van der Waals surface area contributed by atoms with Crippen LogP contribution in [0, 0.1) is 5.82 Å². The first-order valence-corrected chi connectivity index (χ1v) is 4.81. The molecule has 0 radical (unpaired) electrons. The molecule has 0 aliphatic carbocycles. The van der Waals surface area contributed by atoms with Gasteiger partial charge in [-0.3, -0.25) is 4.79 Å². The lowest BCUT2D eigenvalue weighted by molar-refractivity contribution is -0.117. The summed E-state index contributed by atoms with van der Waals surface area (Å²) in [6.45, 7) is 1.56. The first kappa shape index (κ1) is 11.1. The van der Waals surface area contributed by atoms with Crippen LogP contribution in [0.3, 0.4) is 0 Å². The highest BCUT2D eigenvalue weighted by atomic mass is 79.9. The summed E-state index contributed by atoms with van der Waals surface area (Å²) in [5.74, 6) is -0.765. The van der Waals surface area contributed by atoms with Gasteiger partial charge >= 0.3 is 0 Å². The van der Waals surface area contributed by atoms with E-state index in [-0.39, 0.29) is 5.91 Å². The van der Waals surface area contributed by atoms with Gasteiger partial charge < -0.3 is 11.1 Å². The minimum absolute atomic E-state index is 0.341. The van der Waals surface area contributed by atoms with Crippen molar-refractivity contribution in [2.24, 2.45) is 5.73 Å². The van der Waals surface area contributed by atoms with Crippen molar-refractivity contribution < 1.29 is 9.18 Å². The Morgan fingerprint density at radius 3 is 2.79 bits per heavy atom.